The van der Waals surface area contributed by atoms with Crippen LogP contribution in [0.3, 0.4) is 0 Å². The molecule has 1 rings (SSSR count). The second-order valence-electron chi connectivity index (χ2n) is 4.46. The molecule has 0 aliphatic rings. The SMILES string of the molecule is CCNC(Cn1ncc(C)cc1=O)C(C)C. The normalized spacial score (nSPS) is 13.1. The first-order valence-corrected chi connectivity index (χ1v) is 5.81. The summed E-state index contributed by atoms with van der Waals surface area (Å²) < 4.78 is 1.53. The van der Waals surface area contributed by atoms with Crippen LogP contribution in [0.5, 0.6) is 0 Å². The highest BCUT2D eigenvalue weighted by Gasteiger charge is 2.13. The number of hydrogen-bond acceptors (Lipinski definition) is 3. The first-order valence-electron chi connectivity index (χ1n) is 5.81. The van der Waals surface area contributed by atoms with E-state index in [1.807, 2.05) is 6.92 Å². The molecule has 0 amide bonds. The highest BCUT2D eigenvalue weighted by Crippen LogP contribution is 2.03. The van der Waals surface area contributed by atoms with E-state index in [0.29, 0.717) is 12.5 Å². The summed E-state index contributed by atoms with van der Waals surface area (Å²) in [5, 5.41) is 7.52. The van der Waals surface area contributed by atoms with Crippen LogP contribution < -0.4 is 10.9 Å². The summed E-state index contributed by atoms with van der Waals surface area (Å²) in [6.45, 7) is 9.77. The minimum Gasteiger partial charge on any atom is -0.312 e. The zero-order valence-electron chi connectivity index (χ0n) is 10.5. The number of rotatable bonds is 5. The van der Waals surface area contributed by atoms with Crippen molar-refractivity contribution in [2.75, 3.05) is 6.54 Å². The van der Waals surface area contributed by atoms with Crippen molar-refractivity contribution in [3.05, 3.63) is 28.2 Å². The van der Waals surface area contributed by atoms with Gasteiger partial charge in [0.1, 0.15) is 0 Å². The first-order chi connectivity index (χ1) is 7.54. The number of aryl methyl sites for hydroxylation is 1. The van der Waals surface area contributed by atoms with Gasteiger partial charge in [-0.1, -0.05) is 20.8 Å². The molecule has 4 nitrogen and oxygen atoms in total. The number of likely N-dealkylation sites (N-methyl/N-ethyl adjacent to an activating group) is 1. The third kappa shape index (κ3) is 3.45. The predicted octanol–water partition coefficient (Wildman–Crippen LogP) is 1.19. The molecule has 16 heavy (non-hydrogen) atoms. The Morgan fingerprint density at radius 3 is 2.69 bits per heavy atom. The van der Waals surface area contributed by atoms with Gasteiger partial charge in [-0.2, -0.15) is 5.10 Å². The Balaban J connectivity index is 2.81. The van der Waals surface area contributed by atoms with Gasteiger partial charge >= 0.3 is 0 Å². The highest BCUT2D eigenvalue weighted by atomic mass is 16.1. The van der Waals surface area contributed by atoms with Crippen LogP contribution in [0, 0.1) is 12.8 Å². The lowest BCUT2D eigenvalue weighted by atomic mass is 10.0. The van der Waals surface area contributed by atoms with E-state index in [0.717, 1.165) is 12.1 Å². The van der Waals surface area contributed by atoms with Gasteiger partial charge in [0, 0.05) is 12.1 Å². The molecule has 1 unspecified atom stereocenters. The van der Waals surface area contributed by atoms with Crippen LogP contribution in [0.4, 0.5) is 0 Å². The van der Waals surface area contributed by atoms with Gasteiger partial charge in [-0.15, -0.1) is 0 Å². The molecular formula is C12H21N3O. The standard InChI is InChI=1S/C12H21N3O/c1-5-13-11(9(2)3)8-15-12(16)6-10(4)7-14-15/h6-7,9,11,13H,5,8H2,1-4H3. The molecule has 0 spiro atoms. The van der Waals surface area contributed by atoms with Crippen LogP contribution >= 0.6 is 0 Å². The van der Waals surface area contributed by atoms with Crippen molar-refractivity contribution in [2.45, 2.75) is 40.3 Å². The Bertz CT molecular complexity index is 384. The lowest BCUT2D eigenvalue weighted by Crippen LogP contribution is -2.40. The van der Waals surface area contributed by atoms with E-state index in [1.165, 1.54) is 4.68 Å². The summed E-state index contributed by atoms with van der Waals surface area (Å²) in [6, 6.07) is 1.91. The van der Waals surface area contributed by atoms with Crippen molar-refractivity contribution in [2.24, 2.45) is 5.92 Å². The first kappa shape index (κ1) is 12.9. The van der Waals surface area contributed by atoms with Crippen LogP contribution in [-0.2, 0) is 6.54 Å². The molecule has 0 saturated heterocycles. The van der Waals surface area contributed by atoms with Gasteiger partial charge in [0.2, 0.25) is 0 Å². The average molecular weight is 223 g/mol. The van der Waals surface area contributed by atoms with Gasteiger partial charge in [0.25, 0.3) is 5.56 Å². The highest BCUT2D eigenvalue weighted by molar-refractivity contribution is 5.02. The molecule has 4 heteroatoms. The van der Waals surface area contributed by atoms with Gasteiger partial charge in [-0.3, -0.25) is 4.79 Å². The summed E-state index contributed by atoms with van der Waals surface area (Å²) in [5.41, 5.74) is 0.884. The lowest BCUT2D eigenvalue weighted by molar-refractivity contribution is 0.341. The monoisotopic (exact) mass is 223 g/mol. The minimum atomic E-state index is -0.0245. The summed E-state index contributed by atoms with van der Waals surface area (Å²) in [5.74, 6) is 0.481. The molecule has 0 aliphatic heterocycles. The van der Waals surface area contributed by atoms with Crippen molar-refractivity contribution in [1.82, 2.24) is 15.1 Å². The third-order valence-electron chi connectivity index (χ3n) is 2.65. The zero-order chi connectivity index (χ0) is 12.1. The van der Waals surface area contributed by atoms with Crippen molar-refractivity contribution >= 4 is 0 Å². The molecule has 90 valence electrons. The predicted molar refractivity (Wildman–Crippen MR) is 65.5 cm³/mol. The van der Waals surface area contributed by atoms with Gasteiger partial charge < -0.3 is 5.32 Å². The van der Waals surface area contributed by atoms with Crippen LogP contribution in [0.25, 0.3) is 0 Å². The largest absolute Gasteiger partial charge is 0.312 e. The van der Waals surface area contributed by atoms with Gasteiger partial charge in [-0.25, -0.2) is 4.68 Å². The molecule has 0 aromatic carbocycles. The van der Waals surface area contributed by atoms with Crippen LogP contribution in [0.15, 0.2) is 17.1 Å². The molecular weight excluding hydrogens is 202 g/mol. The maximum atomic E-state index is 11.7. The molecule has 0 radical (unpaired) electrons. The second kappa shape index (κ2) is 5.80. The third-order valence-corrected chi connectivity index (χ3v) is 2.65. The summed E-state index contributed by atoms with van der Waals surface area (Å²) >= 11 is 0. The number of nitrogens with zero attached hydrogens (tertiary/aromatic N) is 2. The topological polar surface area (TPSA) is 46.9 Å². The van der Waals surface area contributed by atoms with E-state index in [2.05, 4.69) is 31.2 Å². The fraction of sp³-hybridized carbons (Fsp3) is 0.667. The van der Waals surface area contributed by atoms with E-state index in [-0.39, 0.29) is 11.6 Å². The van der Waals surface area contributed by atoms with Crippen LogP contribution in [-0.4, -0.2) is 22.4 Å². The quantitative estimate of drug-likeness (QED) is 0.815. The summed E-state index contributed by atoms with van der Waals surface area (Å²) in [7, 11) is 0. The zero-order valence-corrected chi connectivity index (χ0v) is 10.5. The minimum absolute atomic E-state index is 0.0245. The van der Waals surface area contributed by atoms with Crippen LogP contribution in [0.2, 0.25) is 0 Å². The van der Waals surface area contributed by atoms with E-state index in [4.69, 9.17) is 0 Å². The molecule has 0 aliphatic carbocycles. The molecule has 1 atom stereocenters. The van der Waals surface area contributed by atoms with E-state index in [9.17, 15) is 4.79 Å². The molecule has 1 aromatic rings. The van der Waals surface area contributed by atoms with E-state index in [1.54, 1.807) is 12.3 Å². The number of nitrogens with one attached hydrogen (secondary N) is 1. The van der Waals surface area contributed by atoms with Crippen molar-refractivity contribution < 1.29 is 0 Å². The smallest absolute Gasteiger partial charge is 0.267 e. The molecule has 0 bridgehead atoms. The average Bonchev–Trinajstić information content (AvgIpc) is 2.20. The molecule has 1 N–H and O–H groups in total. The van der Waals surface area contributed by atoms with Gasteiger partial charge in [0.05, 0.1) is 12.7 Å². The Labute approximate surface area is 96.7 Å². The van der Waals surface area contributed by atoms with Crippen molar-refractivity contribution in [1.29, 1.82) is 0 Å². The van der Waals surface area contributed by atoms with Gasteiger partial charge in [-0.05, 0) is 24.9 Å². The Morgan fingerprint density at radius 2 is 2.19 bits per heavy atom. The maximum Gasteiger partial charge on any atom is 0.267 e. The Morgan fingerprint density at radius 1 is 1.50 bits per heavy atom. The lowest BCUT2D eigenvalue weighted by Gasteiger charge is -2.21. The number of aromatic nitrogens is 2. The molecule has 0 saturated carbocycles. The van der Waals surface area contributed by atoms with E-state index >= 15 is 0 Å². The van der Waals surface area contributed by atoms with Crippen LogP contribution in [0.1, 0.15) is 26.3 Å². The Hall–Kier alpha value is -1.16. The maximum absolute atomic E-state index is 11.7. The molecule has 1 aromatic heterocycles. The summed E-state index contributed by atoms with van der Waals surface area (Å²) in [6.07, 6.45) is 1.73. The summed E-state index contributed by atoms with van der Waals surface area (Å²) in [4.78, 5) is 11.7. The second-order valence-corrected chi connectivity index (χ2v) is 4.46. The van der Waals surface area contributed by atoms with Crippen molar-refractivity contribution in [3.63, 3.8) is 0 Å². The molecule has 1 heterocycles. The molecule has 0 fully saturated rings. The Kier molecular flexibility index (Phi) is 4.68. The van der Waals surface area contributed by atoms with Gasteiger partial charge in [0.15, 0.2) is 0 Å². The van der Waals surface area contributed by atoms with E-state index < -0.39 is 0 Å². The fourth-order valence-electron chi connectivity index (χ4n) is 1.62. The number of hydrogen-bond donors (Lipinski definition) is 1. The van der Waals surface area contributed by atoms with Crippen molar-refractivity contribution in [3.8, 4) is 0 Å². The fourth-order valence-corrected chi connectivity index (χ4v) is 1.62.